The van der Waals surface area contributed by atoms with E-state index in [1.54, 1.807) is 0 Å². The lowest BCUT2D eigenvalue weighted by atomic mass is 9.77. The lowest BCUT2D eigenvalue weighted by Gasteiger charge is -2.41. The molecular weight excluding hydrogens is 314 g/mol. The summed E-state index contributed by atoms with van der Waals surface area (Å²) in [5, 5.41) is 13.8. The molecule has 6 nitrogen and oxygen atoms in total. The second-order valence-corrected chi connectivity index (χ2v) is 6.89. The Morgan fingerprint density at radius 1 is 1.24 bits per heavy atom. The number of hydrogen-bond donors (Lipinski definition) is 3. The van der Waals surface area contributed by atoms with Crippen molar-refractivity contribution in [3.63, 3.8) is 0 Å². The van der Waals surface area contributed by atoms with Crippen LogP contribution in [0.4, 0.5) is 4.79 Å². The Labute approximate surface area is 149 Å². The maximum Gasteiger partial charge on any atom is 0.315 e. The van der Waals surface area contributed by atoms with E-state index in [9.17, 15) is 4.79 Å². The molecule has 0 unspecified atom stereocenters. The summed E-state index contributed by atoms with van der Waals surface area (Å²) in [5.74, 6) is 0. The van der Waals surface area contributed by atoms with Crippen LogP contribution in [0.15, 0.2) is 30.3 Å². The van der Waals surface area contributed by atoms with Crippen molar-refractivity contribution in [3.8, 4) is 5.69 Å². The molecule has 1 heterocycles. The van der Waals surface area contributed by atoms with E-state index in [1.165, 1.54) is 6.42 Å². The van der Waals surface area contributed by atoms with E-state index in [-0.39, 0.29) is 11.6 Å². The van der Waals surface area contributed by atoms with E-state index in [0.717, 1.165) is 35.5 Å². The molecule has 0 saturated heterocycles. The first kappa shape index (κ1) is 17.5. The third-order valence-electron chi connectivity index (χ3n) is 5.10. The Bertz CT molecular complexity index is 743. The third-order valence-corrected chi connectivity index (χ3v) is 5.10. The predicted octanol–water partition coefficient (Wildman–Crippen LogP) is 2.43. The fourth-order valence-corrected chi connectivity index (χ4v) is 3.35. The average molecular weight is 341 g/mol. The molecule has 134 valence electrons. The molecule has 2 aromatic rings. The number of carbonyl (C=O) groups is 1. The number of aromatic nitrogens is 2. The zero-order valence-corrected chi connectivity index (χ0v) is 15.2. The molecule has 3 N–H and O–H groups in total. The standard InChI is InChI=1S/C19H27N5O/c1-14-11-15(2)24(23-14)17-8-5-4-7-16(17)12-21-18(25)22-13-19(20-3)9-6-10-19/h4-5,7-8,11,20H,6,9-10,12-13H2,1-3H3,(H2,21,22,25). The van der Waals surface area contributed by atoms with Gasteiger partial charge in [0.1, 0.15) is 0 Å². The van der Waals surface area contributed by atoms with Crippen LogP contribution >= 0.6 is 0 Å². The smallest absolute Gasteiger partial charge is 0.315 e. The molecule has 6 heteroatoms. The van der Waals surface area contributed by atoms with Crippen molar-refractivity contribution in [1.82, 2.24) is 25.7 Å². The zero-order valence-electron chi connectivity index (χ0n) is 15.2. The summed E-state index contributed by atoms with van der Waals surface area (Å²) in [4.78, 5) is 12.2. The molecule has 1 aliphatic carbocycles. The van der Waals surface area contributed by atoms with Crippen LogP contribution in [0.3, 0.4) is 0 Å². The number of nitrogens with zero attached hydrogens (tertiary/aromatic N) is 2. The normalized spacial score (nSPS) is 15.5. The first-order chi connectivity index (χ1) is 12.0. The fraction of sp³-hybridized carbons (Fsp3) is 0.474. The van der Waals surface area contributed by atoms with Gasteiger partial charge >= 0.3 is 6.03 Å². The number of carbonyl (C=O) groups excluding carboxylic acids is 1. The van der Waals surface area contributed by atoms with Crippen LogP contribution < -0.4 is 16.0 Å². The summed E-state index contributed by atoms with van der Waals surface area (Å²) < 4.78 is 1.93. The molecule has 0 radical (unpaired) electrons. The molecule has 0 atom stereocenters. The average Bonchev–Trinajstić information content (AvgIpc) is 2.91. The number of benzene rings is 1. The van der Waals surface area contributed by atoms with E-state index >= 15 is 0 Å². The second kappa shape index (κ2) is 7.27. The molecule has 25 heavy (non-hydrogen) atoms. The SMILES string of the molecule is CNC1(CNC(=O)NCc2ccccc2-n2nc(C)cc2C)CCC1. The number of nitrogens with one attached hydrogen (secondary N) is 3. The highest BCUT2D eigenvalue weighted by molar-refractivity contribution is 5.74. The van der Waals surface area contributed by atoms with Crippen LogP contribution in [0, 0.1) is 13.8 Å². The largest absolute Gasteiger partial charge is 0.336 e. The van der Waals surface area contributed by atoms with Gasteiger partial charge in [-0.1, -0.05) is 18.2 Å². The fourth-order valence-electron chi connectivity index (χ4n) is 3.35. The molecule has 1 aromatic heterocycles. The molecule has 1 aromatic carbocycles. The second-order valence-electron chi connectivity index (χ2n) is 6.89. The minimum Gasteiger partial charge on any atom is -0.336 e. The number of amides is 2. The Morgan fingerprint density at radius 3 is 2.60 bits per heavy atom. The summed E-state index contributed by atoms with van der Waals surface area (Å²) >= 11 is 0. The van der Waals surface area contributed by atoms with Crippen LogP contribution in [-0.2, 0) is 6.54 Å². The van der Waals surface area contributed by atoms with Gasteiger partial charge in [0, 0.05) is 24.3 Å². The van der Waals surface area contributed by atoms with Crippen molar-refractivity contribution in [2.45, 2.75) is 45.2 Å². The molecule has 3 rings (SSSR count). The lowest BCUT2D eigenvalue weighted by Crippen LogP contribution is -2.57. The van der Waals surface area contributed by atoms with Gasteiger partial charge < -0.3 is 16.0 Å². The first-order valence-corrected chi connectivity index (χ1v) is 8.85. The maximum absolute atomic E-state index is 12.2. The molecule has 1 aliphatic rings. The molecular formula is C19H27N5O. The van der Waals surface area contributed by atoms with Gasteiger partial charge in [-0.3, -0.25) is 0 Å². The van der Waals surface area contributed by atoms with Gasteiger partial charge in [-0.2, -0.15) is 5.10 Å². The lowest BCUT2D eigenvalue weighted by molar-refractivity contribution is 0.188. The molecule has 0 spiro atoms. The van der Waals surface area contributed by atoms with Gasteiger partial charge in [0.15, 0.2) is 0 Å². The Hall–Kier alpha value is -2.34. The van der Waals surface area contributed by atoms with E-state index in [0.29, 0.717) is 13.1 Å². The Balaban J connectivity index is 1.62. The van der Waals surface area contributed by atoms with Crippen molar-refractivity contribution in [2.24, 2.45) is 0 Å². The quantitative estimate of drug-likeness (QED) is 0.756. The van der Waals surface area contributed by atoms with Crippen molar-refractivity contribution in [3.05, 3.63) is 47.3 Å². The van der Waals surface area contributed by atoms with Crippen LogP contribution in [0.25, 0.3) is 5.69 Å². The van der Waals surface area contributed by atoms with E-state index < -0.39 is 0 Å². The number of para-hydroxylation sites is 1. The monoisotopic (exact) mass is 341 g/mol. The maximum atomic E-state index is 12.2. The first-order valence-electron chi connectivity index (χ1n) is 8.85. The summed E-state index contributed by atoms with van der Waals surface area (Å²) in [6.07, 6.45) is 3.45. The highest BCUT2D eigenvalue weighted by Crippen LogP contribution is 2.30. The van der Waals surface area contributed by atoms with Gasteiger partial charge in [-0.05, 0) is 57.9 Å². The van der Waals surface area contributed by atoms with Crippen LogP contribution in [0.2, 0.25) is 0 Å². The Morgan fingerprint density at radius 2 is 2.00 bits per heavy atom. The highest BCUT2D eigenvalue weighted by Gasteiger charge is 2.35. The number of likely N-dealkylation sites (N-methyl/N-ethyl adjacent to an activating group) is 1. The van der Waals surface area contributed by atoms with Crippen molar-refractivity contribution in [2.75, 3.05) is 13.6 Å². The molecule has 0 bridgehead atoms. The van der Waals surface area contributed by atoms with Crippen molar-refractivity contribution >= 4 is 6.03 Å². The number of hydrogen-bond acceptors (Lipinski definition) is 3. The van der Waals surface area contributed by atoms with Crippen LogP contribution in [-0.4, -0.2) is 34.9 Å². The van der Waals surface area contributed by atoms with Crippen LogP contribution in [0.1, 0.15) is 36.2 Å². The minimum absolute atomic E-state index is 0.0823. The van der Waals surface area contributed by atoms with Gasteiger partial charge in [0.05, 0.1) is 11.4 Å². The van der Waals surface area contributed by atoms with E-state index in [2.05, 4.69) is 21.0 Å². The van der Waals surface area contributed by atoms with Gasteiger partial charge in [-0.15, -0.1) is 0 Å². The summed E-state index contributed by atoms with van der Waals surface area (Å²) in [5.41, 5.74) is 4.18. The van der Waals surface area contributed by atoms with Gasteiger partial charge in [0.25, 0.3) is 0 Å². The van der Waals surface area contributed by atoms with Crippen molar-refractivity contribution in [1.29, 1.82) is 0 Å². The predicted molar refractivity (Wildman–Crippen MR) is 98.9 cm³/mol. The van der Waals surface area contributed by atoms with Crippen molar-refractivity contribution < 1.29 is 4.79 Å². The van der Waals surface area contributed by atoms with Crippen LogP contribution in [0.5, 0.6) is 0 Å². The molecule has 1 saturated carbocycles. The Kier molecular flexibility index (Phi) is 5.08. The number of urea groups is 1. The molecule has 0 aliphatic heterocycles. The van der Waals surface area contributed by atoms with Gasteiger partial charge in [0.2, 0.25) is 0 Å². The van der Waals surface area contributed by atoms with E-state index in [4.69, 9.17) is 0 Å². The van der Waals surface area contributed by atoms with Gasteiger partial charge in [-0.25, -0.2) is 9.48 Å². The summed E-state index contributed by atoms with van der Waals surface area (Å²) in [6.45, 7) is 5.14. The third kappa shape index (κ3) is 3.85. The van der Waals surface area contributed by atoms with E-state index in [1.807, 2.05) is 55.9 Å². The summed E-state index contributed by atoms with van der Waals surface area (Å²) in [7, 11) is 1.96. The summed E-state index contributed by atoms with van der Waals surface area (Å²) in [6, 6.07) is 9.93. The minimum atomic E-state index is -0.135. The number of aryl methyl sites for hydroxylation is 2. The topological polar surface area (TPSA) is 71.0 Å². The molecule has 2 amide bonds. The molecule has 1 fully saturated rings. The number of rotatable bonds is 6. The highest BCUT2D eigenvalue weighted by atomic mass is 16.2. The zero-order chi connectivity index (χ0) is 17.9.